The van der Waals surface area contributed by atoms with Gasteiger partial charge in [-0.25, -0.2) is 0 Å². The highest BCUT2D eigenvalue weighted by atomic mass is 16.5. The van der Waals surface area contributed by atoms with Gasteiger partial charge in [0.1, 0.15) is 5.75 Å². The van der Waals surface area contributed by atoms with Gasteiger partial charge in [0.15, 0.2) is 0 Å². The highest BCUT2D eigenvalue weighted by Crippen LogP contribution is 2.23. The number of fused-ring (bicyclic) bond motifs is 1. The molecule has 0 saturated heterocycles. The Bertz CT molecular complexity index is 789. The Kier molecular flexibility index (Phi) is 4.05. The van der Waals surface area contributed by atoms with Crippen molar-refractivity contribution in [2.24, 2.45) is 0 Å². The lowest BCUT2D eigenvalue weighted by Crippen LogP contribution is -2.14. The summed E-state index contributed by atoms with van der Waals surface area (Å²) in [6.45, 7) is 0. The second-order valence-corrected chi connectivity index (χ2v) is 5.10. The van der Waals surface area contributed by atoms with Gasteiger partial charge >= 0.3 is 0 Å². The SMILES string of the molecule is COc1ccc(CC(=O)Nc2cccc3ccccc23)cc1. The number of nitrogens with one attached hydrogen (secondary N) is 1. The topological polar surface area (TPSA) is 38.3 Å². The number of carbonyl (C=O) groups is 1. The molecule has 1 amide bonds. The van der Waals surface area contributed by atoms with Gasteiger partial charge in [0, 0.05) is 11.1 Å². The fourth-order valence-electron chi connectivity index (χ4n) is 2.46. The Morgan fingerprint density at radius 3 is 2.45 bits per heavy atom. The summed E-state index contributed by atoms with van der Waals surface area (Å²) >= 11 is 0. The molecule has 0 radical (unpaired) electrons. The molecule has 0 aromatic heterocycles. The second kappa shape index (κ2) is 6.31. The van der Waals surface area contributed by atoms with E-state index in [1.54, 1.807) is 7.11 Å². The van der Waals surface area contributed by atoms with Gasteiger partial charge in [-0.15, -0.1) is 0 Å². The van der Waals surface area contributed by atoms with E-state index in [0.29, 0.717) is 6.42 Å². The number of amides is 1. The third-order valence-corrected chi connectivity index (χ3v) is 3.59. The Labute approximate surface area is 129 Å². The first-order valence-corrected chi connectivity index (χ1v) is 7.17. The Morgan fingerprint density at radius 2 is 1.68 bits per heavy atom. The Hall–Kier alpha value is -2.81. The van der Waals surface area contributed by atoms with Crippen molar-refractivity contribution >= 4 is 22.4 Å². The van der Waals surface area contributed by atoms with Crippen molar-refractivity contribution < 1.29 is 9.53 Å². The number of benzene rings is 3. The molecule has 3 nitrogen and oxygen atoms in total. The van der Waals surface area contributed by atoms with Crippen LogP contribution in [0.5, 0.6) is 5.75 Å². The number of hydrogen-bond donors (Lipinski definition) is 1. The van der Waals surface area contributed by atoms with Gasteiger partial charge in [-0.2, -0.15) is 0 Å². The van der Waals surface area contributed by atoms with Crippen molar-refractivity contribution in [3.8, 4) is 5.75 Å². The van der Waals surface area contributed by atoms with Crippen LogP contribution in [0.15, 0.2) is 66.7 Å². The van der Waals surface area contributed by atoms with Crippen molar-refractivity contribution in [1.82, 2.24) is 0 Å². The molecule has 0 aliphatic carbocycles. The molecule has 0 fully saturated rings. The molecule has 22 heavy (non-hydrogen) atoms. The molecule has 0 aliphatic heterocycles. The second-order valence-electron chi connectivity index (χ2n) is 5.10. The molecule has 0 saturated carbocycles. The molecule has 3 aromatic rings. The lowest BCUT2D eigenvalue weighted by Gasteiger charge is -2.09. The van der Waals surface area contributed by atoms with Crippen molar-refractivity contribution in [3.05, 3.63) is 72.3 Å². The number of hydrogen-bond acceptors (Lipinski definition) is 2. The molecular formula is C19H17NO2. The zero-order chi connectivity index (χ0) is 15.4. The van der Waals surface area contributed by atoms with E-state index in [1.807, 2.05) is 66.7 Å². The van der Waals surface area contributed by atoms with Crippen molar-refractivity contribution in [2.45, 2.75) is 6.42 Å². The monoisotopic (exact) mass is 291 g/mol. The molecular weight excluding hydrogens is 274 g/mol. The minimum atomic E-state index is -0.0264. The van der Waals surface area contributed by atoms with Crippen LogP contribution in [-0.4, -0.2) is 13.0 Å². The summed E-state index contributed by atoms with van der Waals surface area (Å²) in [5.41, 5.74) is 1.80. The summed E-state index contributed by atoms with van der Waals surface area (Å²) in [6, 6.07) is 21.5. The Morgan fingerprint density at radius 1 is 0.955 bits per heavy atom. The molecule has 3 aromatic carbocycles. The van der Waals surface area contributed by atoms with Gasteiger partial charge in [0.05, 0.1) is 13.5 Å². The van der Waals surface area contributed by atoms with Crippen LogP contribution in [0, 0.1) is 0 Å². The first-order valence-electron chi connectivity index (χ1n) is 7.17. The third-order valence-electron chi connectivity index (χ3n) is 3.59. The molecule has 0 spiro atoms. The highest BCUT2D eigenvalue weighted by molar-refractivity contribution is 6.02. The van der Waals surface area contributed by atoms with Gasteiger partial charge in [-0.1, -0.05) is 48.5 Å². The smallest absolute Gasteiger partial charge is 0.228 e. The van der Waals surface area contributed by atoms with Crippen LogP contribution < -0.4 is 10.1 Å². The normalized spacial score (nSPS) is 10.4. The van der Waals surface area contributed by atoms with E-state index in [0.717, 1.165) is 27.8 Å². The van der Waals surface area contributed by atoms with Crippen LogP contribution in [0.4, 0.5) is 5.69 Å². The van der Waals surface area contributed by atoms with E-state index in [-0.39, 0.29) is 5.91 Å². The predicted molar refractivity (Wildman–Crippen MR) is 89.3 cm³/mol. The quantitative estimate of drug-likeness (QED) is 0.788. The molecule has 3 heteroatoms. The van der Waals surface area contributed by atoms with Gasteiger partial charge in [-0.3, -0.25) is 4.79 Å². The van der Waals surface area contributed by atoms with Crippen LogP contribution in [0.1, 0.15) is 5.56 Å². The summed E-state index contributed by atoms with van der Waals surface area (Å²) in [5.74, 6) is 0.764. The lowest BCUT2D eigenvalue weighted by atomic mass is 10.1. The number of carbonyl (C=O) groups excluding carboxylic acids is 1. The maximum Gasteiger partial charge on any atom is 0.228 e. The van der Waals surface area contributed by atoms with Gasteiger partial charge in [-0.05, 0) is 29.1 Å². The molecule has 1 N–H and O–H groups in total. The first kappa shape index (κ1) is 14.1. The van der Waals surface area contributed by atoms with Gasteiger partial charge in [0.2, 0.25) is 5.91 Å². The maximum absolute atomic E-state index is 12.2. The summed E-state index contributed by atoms with van der Waals surface area (Å²) in [6.07, 6.45) is 0.340. The number of rotatable bonds is 4. The largest absolute Gasteiger partial charge is 0.497 e. The van der Waals surface area contributed by atoms with E-state index in [1.165, 1.54) is 0 Å². The minimum Gasteiger partial charge on any atom is -0.497 e. The van der Waals surface area contributed by atoms with E-state index in [9.17, 15) is 4.79 Å². The average molecular weight is 291 g/mol. The molecule has 110 valence electrons. The summed E-state index contributed by atoms with van der Waals surface area (Å²) in [4.78, 5) is 12.2. The summed E-state index contributed by atoms with van der Waals surface area (Å²) in [5, 5.41) is 5.16. The molecule has 3 rings (SSSR count). The number of anilines is 1. The molecule has 0 aliphatic rings. The summed E-state index contributed by atoms with van der Waals surface area (Å²) < 4.78 is 5.12. The van der Waals surface area contributed by atoms with Crippen LogP contribution in [0.25, 0.3) is 10.8 Å². The van der Waals surface area contributed by atoms with Gasteiger partial charge < -0.3 is 10.1 Å². The number of methoxy groups -OCH3 is 1. The van der Waals surface area contributed by atoms with Crippen LogP contribution in [-0.2, 0) is 11.2 Å². The van der Waals surface area contributed by atoms with Crippen molar-refractivity contribution in [3.63, 3.8) is 0 Å². The van der Waals surface area contributed by atoms with E-state index in [2.05, 4.69) is 5.32 Å². The fourth-order valence-corrected chi connectivity index (χ4v) is 2.46. The van der Waals surface area contributed by atoms with Crippen molar-refractivity contribution in [2.75, 3.05) is 12.4 Å². The molecule has 0 unspecified atom stereocenters. The third kappa shape index (κ3) is 3.09. The number of ether oxygens (including phenoxy) is 1. The fraction of sp³-hybridized carbons (Fsp3) is 0.105. The Balaban J connectivity index is 1.75. The van der Waals surface area contributed by atoms with E-state index in [4.69, 9.17) is 4.74 Å². The van der Waals surface area contributed by atoms with Gasteiger partial charge in [0.25, 0.3) is 0 Å². The van der Waals surface area contributed by atoms with Crippen LogP contribution >= 0.6 is 0 Å². The zero-order valence-corrected chi connectivity index (χ0v) is 12.4. The van der Waals surface area contributed by atoms with E-state index < -0.39 is 0 Å². The molecule has 0 bridgehead atoms. The average Bonchev–Trinajstić information content (AvgIpc) is 2.56. The van der Waals surface area contributed by atoms with Crippen molar-refractivity contribution in [1.29, 1.82) is 0 Å². The molecule has 0 atom stereocenters. The minimum absolute atomic E-state index is 0.0264. The predicted octanol–water partition coefficient (Wildman–Crippen LogP) is 4.03. The van der Waals surface area contributed by atoms with E-state index >= 15 is 0 Å². The highest BCUT2D eigenvalue weighted by Gasteiger charge is 2.07. The zero-order valence-electron chi connectivity index (χ0n) is 12.4. The first-order chi connectivity index (χ1) is 10.8. The summed E-state index contributed by atoms with van der Waals surface area (Å²) in [7, 11) is 1.63. The maximum atomic E-state index is 12.2. The standard InChI is InChI=1S/C19H17NO2/c1-22-16-11-9-14(10-12-16)13-19(21)20-18-8-4-6-15-5-2-3-7-17(15)18/h2-12H,13H2,1H3,(H,20,21). The van der Waals surface area contributed by atoms with Crippen LogP contribution in [0.2, 0.25) is 0 Å². The molecule has 0 heterocycles. The van der Waals surface area contributed by atoms with Crippen LogP contribution in [0.3, 0.4) is 0 Å². The lowest BCUT2D eigenvalue weighted by molar-refractivity contribution is -0.115.